The first-order chi connectivity index (χ1) is 9.10. The minimum Gasteiger partial charge on any atom is -0.370 e. The highest BCUT2D eigenvalue weighted by Gasteiger charge is 2.26. The Hall–Kier alpha value is -1.40. The molecule has 1 fully saturated rings. The van der Waals surface area contributed by atoms with E-state index in [-0.39, 0.29) is 11.9 Å². The van der Waals surface area contributed by atoms with E-state index in [0.29, 0.717) is 18.9 Å². The molecule has 6 nitrogen and oxygen atoms in total. The molecule has 106 valence electrons. The fraction of sp³-hybridized carbons (Fsp3) is 0.692. The number of aryl methyl sites for hydroxylation is 1. The topological polar surface area (TPSA) is 90.2 Å². The summed E-state index contributed by atoms with van der Waals surface area (Å²) in [5.74, 6) is 0.238. The van der Waals surface area contributed by atoms with Gasteiger partial charge in [0.25, 0.3) is 0 Å². The van der Waals surface area contributed by atoms with E-state index in [1.165, 1.54) is 5.56 Å². The van der Waals surface area contributed by atoms with Gasteiger partial charge < -0.3 is 11.5 Å². The monoisotopic (exact) mass is 265 g/mol. The van der Waals surface area contributed by atoms with Crippen molar-refractivity contribution in [2.24, 2.45) is 24.4 Å². The second kappa shape index (κ2) is 6.16. The third-order valence-corrected chi connectivity index (χ3v) is 3.91. The van der Waals surface area contributed by atoms with E-state index in [4.69, 9.17) is 11.5 Å². The van der Waals surface area contributed by atoms with Crippen molar-refractivity contribution >= 4 is 5.91 Å². The molecule has 1 atom stereocenters. The Balaban J connectivity index is 1.93. The predicted octanol–water partition coefficient (Wildman–Crippen LogP) is 0.00730. The minimum atomic E-state index is -0.193. The first-order valence-corrected chi connectivity index (χ1v) is 6.81. The van der Waals surface area contributed by atoms with Crippen LogP contribution in [0.15, 0.2) is 12.4 Å². The standard InChI is InChI=1S/C13H23N5O/c1-17-9-11(8-16-17)12(7-14)18-4-2-10(3-5-18)6-13(15)19/h8-10,12H,2-7,14H2,1H3,(H2,15,19). The highest BCUT2D eigenvalue weighted by Crippen LogP contribution is 2.27. The number of hydrogen-bond acceptors (Lipinski definition) is 4. The third kappa shape index (κ3) is 3.54. The number of piperidine rings is 1. The van der Waals surface area contributed by atoms with Gasteiger partial charge in [-0.05, 0) is 31.8 Å². The van der Waals surface area contributed by atoms with Crippen LogP contribution >= 0.6 is 0 Å². The summed E-state index contributed by atoms with van der Waals surface area (Å²) in [7, 11) is 1.91. The predicted molar refractivity (Wildman–Crippen MR) is 73.1 cm³/mol. The SMILES string of the molecule is Cn1cc(C(CN)N2CCC(CC(N)=O)CC2)cn1. The van der Waals surface area contributed by atoms with Crippen molar-refractivity contribution in [3.63, 3.8) is 0 Å². The Kier molecular flexibility index (Phi) is 4.55. The molecule has 1 amide bonds. The van der Waals surface area contributed by atoms with E-state index < -0.39 is 0 Å². The summed E-state index contributed by atoms with van der Waals surface area (Å²) in [5.41, 5.74) is 12.3. The van der Waals surface area contributed by atoms with Crippen LogP contribution in [0, 0.1) is 5.92 Å². The zero-order chi connectivity index (χ0) is 13.8. The third-order valence-electron chi connectivity index (χ3n) is 3.91. The Morgan fingerprint density at radius 2 is 2.21 bits per heavy atom. The lowest BCUT2D eigenvalue weighted by Crippen LogP contribution is -2.40. The van der Waals surface area contributed by atoms with Gasteiger partial charge in [-0.3, -0.25) is 14.4 Å². The number of nitrogens with zero attached hydrogens (tertiary/aromatic N) is 3. The van der Waals surface area contributed by atoms with Gasteiger partial charge in [-0.15, -0.1) is 0 Å². The maximum absolute atomic E-state index is 10.9. The van der Waals surface area contributed by atoms with Crippen molar-refractivity contribution in [3.8, 4) is 0 Å². The second-order valence-electron chi connectivity index (χ2n) is 5.35. The summed E-state index contributed by atoms with van der Waals surface area (Å²) in [5, 5.41) is 4.21. The van der Waals surface area contributed by atoms with Gasteiger partial charge in [-0.1, -0.05) is 0 Å². The van der Waals surface area contributed by atoms with Gasteiger partial charge in [0.1, 0.15) is 0 Å². The summed E-state index contributed by atoms with van der Waals surface area (Å²) >= 11 is 0. The highest BCUT2D eigenvalue weighted by molar-refractivity contribution is 5.73. The molecule has 1 unspecified atom stereocenters. The fourth-order valence-corrected chi connectivity index (χ4v) is 2.86. The second-order valence-corrected chi connectivity index (χ2v) is 5.35. The number of aromatic nitrogens is 2. The number of nitrogens with two attached hydrogens (primary N) is 2. The van der Waals surface area contributed by atoms with E-state index >= 15 is 0 Å². The summed E-state index contributed by atoms with van der Waals surface area (Å²) in [6.45, 7) is 2.52. The van der Waals surface area contributed by atoms with Crippen LogP contribution in [0.4, 0.5) is 0 Å². The average Bonchev–Trinajstić information content (AvgIpc) is 2.78. The van der Waals surface area contributed by atoms with E-state index in [2.05, 4.69) is 10.00 Å². The molecule has 0 bridgehead atoms. The van der Waals surface area contributed by atoms with E-state index in [0.717, 1.165) is 25.9 Å². The van der Waals surface area contributed by atoms with E-state index in [1.807, 2.05) is 19.4 Å². The maximum Gasteiger partial charge on any atom is 0.217 e. The van der Waals surface area contributed by atoms with Crippen molar-refractivity contribution in [1.29, 1.82) is 0 Å². The van der Waals surface area contributed by atoms with Gasteiger partial charge in [0.15, 0.2) is 0 Å². The van der Waals surface area contributed by atoms with E-state index in [1.54, 1.807) is 4.68 Å². The molecule has 1 aromatic rings. The lowest BCUT2D eigenvalue weighted by atomic mass is 9.92. The molecule has 2 rings (SSSR count). The molecule has 0 aromatic carbocycles. The summed E-state index contributed by atoms with van der Waals surface area (Å²) in [6.07, 6.45) is 6.44. The van der Waals surface area contributed by atoms with Gasteiger partial charge >= 0.3 is 0 Å². The van der Waals surface area contributed by atoms with Crippen molar-refractivity contribution in [2.75, 3.05) is 19.6 Å². The van der Waals surface area contributed by atoms with Gasteiger partial charge in [0.2, 0.25) is 5.91 Å². The molecule has 1 aromatic heterocycles. The zero-order valence-electron chi connectivity index (χ0n) is 11.5. The summed E-state index contributed by atoms with van der Waals surface area (Å²) < 4.78 is 1.80. The molecular formula is C13H23N5O. The normalized spacial score (nSPS) is 19.5. The number of likely N-dealkylation sites (tertiary alicyclic amines) is 1. The molecule has 2 heterocycles. The number of hydrogen-bond donors (Lipinski definition) is 2. The Morgan fingerprint density at radius 1 is 1.53 bits per heavy atom. The molecule has 0 spiro atoms. The maximum atomic E-state index is 10.9. The van der Waals surface area contributed by atoms with Crippen molar-refractivity contribution in [2.45, 2.75) is 25.3 Å². The first kappa shape index (κ1) is 14.0. The molecule has 1 aliphatic rings. The lowest BCUT2D eigenvalue weighted by molar-refractivity contribution is -0.119. The van der Waals surface area contributed by atoms with Crippen LogP contribution < -0.4 is 11.5 Å². The molecular weight excluding hydrogens is 242 g/mol. The van der Waals surface area contributed by atoms with Crippen molar-refractivity contribution in [1.82, 2.24) is 14.7 Å². The van der Waals surface area contributed by atoms with Crippen LogP contribution in [0.5, 0.6) is 0 Å². The number of carbonyl (C=O) groups excluding carboxylic acids is 1. The van der Waals surface area contributed by atoms with Gasteiger partial charge in [0.05, 0.1) is 12.2 Å². The van der Waals surface area contributed by atoms with Crippen LogP contribution in [0.3, 0.4) is 0 Å². The Morgan fingerprint density at radius 3 is 2.68 bits per heavy atom. The molecule has 4 N–H and O–H groups in total. The van der Waals surface area contributed by atoms with E-state index in [9.17, 15) is 4.79 Å². The first-order valence-electron chi connectivity index (χ1n) is 6.81. The largest absolute Gasteiger partial charge is 0.370 e. The number of amides is 1. The Labute approximate surface area is 113 Å². The van der Waals surface area contributed by atoms with Crippen LogP contribution in [0.1, 0.15) is 30.9 Å². The number of carbonyl (C=O) groups is 1. The average molecular weight is 265 g/mol. The molecule has 19 heavy (non-hydrogen) atoms. The molecule has 1 saturated heterocycles. The molecule has 6 heteroatoms. The van der Waals surface area contributed by atoms with Crippen molar-refractivity contribution < 1.29 is 4.79 Å². The fourth-order valence-electron chi connectivity index (χ4n) is 2.86. The van der Waals surface area contributed by atoms with Gasteiger partial charge in [0, 0.05) is 31.8 Å². The van der Waals surface area contributed by atoms with Crippen LogP contribution in [0.2, 0.25) is 0 Å². The van der Waals surface area contributed by atoms with Gasteiger partial charge in [-0.25, -0.2) is 0 Å². The molecule has 0 radical (unpaired) electrons. The Bertz CT molecular complexity index is 422. The van der Waals surface area contributed by atoms with Crippen molar-refractivity contribution in [3.05, 3.63) is 18.0 Å². The molecule has 0 aliphatic carbocycles. The quantitative estimate of drug-likeness (QED) is 0.784. The zero-order valence-corrected chi connectivity index (χ0v) is 11.5. The molecule has 0 saturated carbocycles. The smallest absolute Gasteiger partial charge is 0.217 e. The lowest BCUT2D eigenvalue weighted by Gasteiger charge is -2.36. The number of rotatable bonds is 5. The van der Waals surface area contributed by atoms with Crippen LogP contribution in [-0.4, -0.2) is 40.2 Å². The summed E-state index contributed by atoms with van der Waals surface area (Å²) in [4.78, 5) is 13.3. The van der Waals surface area contributed by atoms with Gasteiger partial charge in [-0.2, -0.15) is 5.10 Å². The summed E-state index contributed by atoms with van der Waals surface area (Å²) in [6, 6.07) is 0.225. The highest BCUT2D eigenvalue weighted by atomic mass is 16.1. The minimum absolute atomic E-state index is 0.193. The molecule has 1 aliphatic heterocycles. The number of primary amides is 1. The van der Waals surface area contributed by atoms with Crippen LogP contribution in [-0.2, 0) is 11.8 Å². The van der Waals surface area contributed by atoms with Crippen LogP contribution in [0.25, 0.3) is 0 Å².